The van der Waals surface area contributed by atoms with Crippen molar-refractivity contribution in [2.45, 2.75) is 27.2 Å². The fourth-order valence-corrected chi connectivity index (χ4v) is 3.54. The summed E-state index contributed by atoms with van der Waals surface area (Å²) in [7, 11) is 0. The Morgan fingerprint density at radius 2 is 2.00 bits per heavy atom. The molecule has 0 radical (unpaired) electrons. The Balaban J connectivity index is 1.41. The van der Waals surface area contributed by atoms with Crippen LogP contribution in [0.1, 0.15) is 24.6 Å². The number of pyridine rings is 1. The zero-order chi connectivity index (χ0) is 23.4. The summed E-state index contributed by atoms with van der Waals surface area (Å²) in [6.45, 7) is 6.94. The fourth-order valence-electron chi connectivity index (χ4n) is 3.54. The van der Waals surface area contributed by atoms with Crippen LogP contribution in [0, 0.1) is 19.3 Å². The largest absolute Gasteiger partial charge is 0.493 e. The lowest BCUT2D eigenvalue weighted by atomic mass is 9.91. The number of nitrogens with one attached hydrogen (secondary N) is 3. The number of carbonyl (C=O) groups is 2. The average molecular weight is 447 g/mol. The molecule has 1 aliphatic rings. The molecule has 9 heteroatoms. The molecular weight excluding hydrogens is 420 g/mol. The molecule has 3 heterocycles. The molecule has 1 saturated heterocycles. The van der Waals surface area contributed by atoms with Crippen LogP contribution in [0.2, 0.25) is 0 Å². The maximum Gasteiger partial charge on any atom is 0.324 e. The molecule has 1 fully saturated rings. The van der Waals surface area contributed by atoms with E-state index in [0.717, 1.165) is 22.6 Å². The Hall–Kier alpha value is -4.01. The third-order valence-electron chi connectivity index (χ3n) is 5.39. The van der Waals surface area contributed by atoms with Crippen LogP contribution >= 0.6 is 0 Å². The number of amides is 3. The van der Waals surface area contributed by atoms with E-state index >= 15 is 0 Å². The predicted octanol–water partition coefficient (Wildman–Crippen LogP) is 3.70. The van der Waals surface area contributed by atoms with E-state index in [-0.39, 0.29) is 11.3 Å². The minimum atomic E-state index is -0.430. The number of hydrogen-bond donors (Lipinski definition) is 3. The van der Waals surface area contributed by atoms with Crippen LogP contribution in [-0.2, 0) is 4.79 Å². The second-order valence-corrected chi connectivity index (χ2v) is 8.59. The standard InChI is InChI=1S/C24H26N6O3/c1-15-8-17(5-7-20(15)33-14-24(3)9-22(31)27-13-24)19-11-25-12-21(29-19)30-23(32)28-18-6-4-16(2)26-10-18/h4-8,10-12H,9,13-14H2,1-3H3,(H,27,31)(H2,28,29,30,32)/t24-/m1/s1. The van der Waals surface area contributed by atoms with Gasteiger partial charge in [0.1, 0.15) is 5.75 Å². The monoisotopic (exact) mass is 446 g/mol. The van der Waals surface area contributed by atoms with E-state index in [0.29, 0.717) is 36.8 Å². The lowest BCUT2D eigenvalue weighted by molar-refractivity contribution is -0.119. The first-order chi connectivity index (χ1) is 15.8. The number of rotatable bonds is 6. The van der Waals surface area contributed by atoms with Crippen molar-refractivity contribution < 1.29 is 14.3 Å². The van der Waals surface area contributed by atoms with Gasteiger partial charge >= 0.3 is 6.03 Å². The van der Waals surface area contributed by atoms with E-state index in [9.17, 15) is 9.59 Å². The molecule has 0 aliphatic carbocycles. The number of anilines is 2. The molecule has 1 aromatic carbocycles. The molecule has 9 nitrogen and oxygen atoms in total. The second kappa shape index (κ2) is 9.23. The smallest absolute Gasteiger partial charge is 0.324 e. The molecule has 4 rings (SSSR count). The zero-order valence-electron chi connectivity index (χ0n) is 18.8. The van der Waals surface area contributed by atoms with Gasteiger partial charge in [-0.05, 0) is 49.7 Å². The van der Waals surface area contributed by atoms with Gasteiger partial charge in [0.05, 0.1) is 36.6 Å². The van der Waals surface area contributed by atoms with Crippen LogP contribution in [0.3, 0.4) is 0 Å². The summed E-state index contributed by atoms with van der Waals surface area (Å²) in [5.74, 6) is 1.14. The van der Waals surface area contributed by atoms with Gasteiger partial charge in [-0.2, -0.15) is 0 Å². The van der Waals surface area contributed by atoms with Crippen LogP contribution in [0.5, 0.6) is 5.75 Å². The van der Waals surface area contributed by atoms with Crippen molar-refractivity contribution in [1.29, 1.82) is 0 Å². The predicted molar refractivity (Wildman–Crippen MR) is 125 cm³/mol. The molecule has 0 saturated carbocycles. The minimum Gasteiger partial charge on any atom is -0.493 e. The topological polar surface area (TPSA) is 118 Å². The summed E-state index contributed by atoms with van der Waals surface area (Å²) >= 11 is 0. The maximum atomic E-state index is 12.3. The Morgan fingerprint density at radius 1 is 1.15 bits per heavy atom. The molecule has 3 amide bonds. The van der Waals surface area contributed by atoms with Gasteiger partial charge < -0.3 is 15.4 Å². The van der Waals surface area contributed by atoms with E-state index in [4.69, 9.17) is 4.74 Å². The Morgan fingerprint density at radius 3 is 2.70 bits per heavy atom. The number of nitrogens with zero attached hydrogens (tertiary/aromatic N) is 3. The Kier molecular flexibility index (Phi) is 6.21. The molecule has 0 unspecified atom stereocenters. The number of carbonyl (C=O) groups excluding carboxylic acids is 2. The van der Waals surface area contributed by atoms with E-state index < -0.39 is 6.03 Å². The van der Waals surface area contributed by atoms with Gasteiger partial charge in [-0.25, -0.2) is 9.78 Å². The van der Waals surface area contributed by atoms with Crippen molar-refractivity contribution in [3.8, 4) is 17.0 Å². The van der Waals surface area contributed by atoms with Crippen molar-refractivity contribution in [2.24, 2.45) is 5.41 Å². The van der Waals surface area contributed by atoms with Crippen LogP contribution in [0.4, 0.5) is 16.3 Å². The highest BCUT2D eigenvalue weighted by atomic mass is 16.5. The number of aryl methyl sites for hydroxylation is 2. The van der Waals surface area contributed by atoms with Crippen LogP contribution in [0.15, 0.2) is 48.9 Å². The number of hydrogen-bond acceptors (Lipinski definition) is 6. The SMILES string of the molecule is Cc1ccc(NC(=O)Nc2cncc(-c3ccc(OC[C@@]4(C)CNC(=O)C4)c(C)c3)n2)cn1. The van der Waals surface area contributed by atoms with Gasteiger partial charge in [-0.1, -0.05) is 6.92 Å². The summed E-state index contributed by atoms with van der Waals surface area (Å²) in [5, 5.41) is 8.26. The summed E-state index contributed by atoms with van der Waals surface area (Å²) in [5.41, 5.74) is 3.66. The summed E-state index contributed by atoms with van der Waals surface area (Å²) < 4.78 is 6.00. The first-order valence-corrected chi connectivity index (χ1v) is 10.6. The van der Waals surface area contributed by atoms with Crippen molar-refractivity contribution in [1.82, 2.24) is 20.3 Å². The first kappa shape index (κ1) is 22.2. The summed E-state index contributed by atoms with van der Waals surface area (Å²) in [6.07, 6.45) is 5.18. The van der Waals surface area contributed by atoms with Crippen molar-refractivity contribution in [3.63, 3.8) is 0 Å². The van der Waals surface area contributed by atoms with E-state index in [2.05, 4.69) is 30.9 Å². The highest BCUT2D eigenvalue weighted by Crippen LogP contribution is 2.30. The van der Waals surface area contributed by atoms with Gasteiger partial charge in [0.25, 0.3) is 0 Å². The minimum absolute atomic E-state index is 0.0597. The van der Waals surface area contributed by atoms with Crippen LogP contribution in [0.25, 0.3) is 11.3 Å². The highest BCUT2D eigenvalue weighted by Gasteiger charge is 2.34. The fraction of sp³-hybridized carbons (Fsp3) is 0.292. The number of aromatic nitrogens is 3. The number of ether oxygens (including phenoxy) is 1. The van der Waals surface area contributed by atoms with Gasteiger partial charge in [0.2, 0.25) is 5.91 Å². The molecule has 0 bridgehead atoms. The quantitative estimate of drug-likeness (QED) is 0.531. The average Bonchev–Trinajstić information content (AvgIpc) is 3.13. The van der Waals surface area contributed by atoms with Crippen molar-refractivity contribution in [2.75, 3.05) is 23.8 Å². The normalized spacial score (nSPS) is 17.4. The van der Waals surface area contributed by atoms with Crippen molar-refractivity contribution >= 4 is 23.4 Å². The van der Waals surface area contributed by atoms with Crippen LogP contribution < -0.4 is 20.7 Å². The third kappa shape index (κ3) is 5.62. The zero-order valence-corrected chi connectivity index (χ0v) is 18.8. The van der Waals surface area contributed by atoms with Crippen molar-refractivity contribution in [3.05, 3.63) is 60.2 Å². The molecule has 3 N–H and O–H groups in total. The molecular formula is C24H26N6O3. The van der Waals surface area contributed by atoms with Gasteiger partial charge in [0.15, 0.2) is 5.82 Å². The number of urea groups is 1. The summed E-state index contributed by atoms with van der Waals surface area (Å²) in [4.78, 5) is 36.7. The molecule has 1 atom stereocenters. The van der Waals surface area contributed by atoms with Gasteiger partial charge in [-0.15, -0.1) is 0 Å². The molecule has 0 spiro atoms. The second-order valence-electron chi connectivity index (χ2n) is 8.59. The van der Waals surface area contributed by atoms with Gasteiger partial charge in [0, 0.05) is 29.6 Å². The molecule has 170 valence electrons. The molecule has 2 aromatic heterocycles. The van der Waals surface area contributed by atoms with Crippen LogP contribution in [-0.4, -0.2) is 40.0 Å². The molecule has 33 heavy (non-hydrogen) atoms. The molecule has 3 aromatic rings. The van der Waals surface area contributed by atoms with Gasteiger partial charge in [-0.3, -0.25) is 20.1 Å². The Bertz CT molecular complexity index is 1180. The lowest BCUT2D eigenvalue weighted by Gasteiger charge is -2.22. The number of benzene rings is 1. The first-order valence-electron chi connectivity index (χ1n) is 10.6. The highest BCUT2D eigenvalue weighted by molar-refractivity contribution is 5.99. The maximum absolute atomic E-state index is 12.3. The summed E-state index contributed by atoms with van der Waals surface area (Å²) in [6, 6.07) is 8.90. The Labute approximate surface area is 192 Å². The third-order valence-corrected chi connectivity index (χ3v) is 5.39. The van der Waals surface area contributed by atoms with E-state index in [1.165, 1.54) is 6.20 Å². The van der Waals surface area contributed by atoms with E-state index in [1.54, 1.807) is 18.5 Å². The lowest BCUT2D eigenvalue weighted by Crippen LogP contribution is -2.27. The van der Waals surface area contributed by atoms with E-state index in [1.807, 2.05) is 45.0 Å². The molecule has 1 aliphatic heterocycles.